The molecular formula is C23H29F4NO3. The van der Waals surface area contributed by atoms with E-state index in [0.717, 1.165) is 12.5 Å². The van der Waals surface area contributed by atoms with Gasteiger partial charge in [0.1, 0.15) is 29.3 Å². The van der Waals surface area contributed by atoms with Gasteiger partial charge in [0.05, 0.1) is 6.61 Å². The lowest BCUT2D eigenvalue weighted by Crippen LogP contribution is -2.20. The number of rotatable bonds is 12. The molecule has 0 saturated carbocycles. The third kappa shape index (κ3) is 9.72. The summed E-state index contributed by atoms with van der Waals surface area (Å²) in [6.45, 7) is 5.31. The molecule has 1 aromatic carbocycles. The first-order valence-electron chi connectivity index (χ1n) is 9.97. The summed E-state index contributed by atoms with van der Waals surface area (Å²) in [5.74, 6) is -3.19. The number of hydrogen-bond donors (Lipinski definition) is 1. The van der Waals surface area contributed by atoms with Crippen LogP contribution in [0, 0.1) is 5.82 Å². The van der Waals surface area contributed by atoms with Gasteiger partial charge in [0.25, 0.3) is 0 Å². The van der Waals surface area contributed by atoms with E-state index in [4.69, 9.17) is 4.74 Å². The summed E-state index contributed by atoms with van der Waals surface area (Å²) in [5.41, 5.74) is 0.938. The van der Waals surface area contributed by atoms with Crippen LogP contribution in [0.5, 0.6) is 0 Å². The van der Waals surface area contributed by atoms with Gasteiger partial charge in [-0.15, -0.1) is 0 Å². The van der Waals surface area contributed by atoms with E-state index in [1.165, 1.54) is 19.1 Å². The SMILES string of the molecule is CCOC(=O)CO/C(C)=C(F)/C(NCCC(F)C/C=C(\C)c1cccc(F)c1)=C(\C)F. The molecule has 0 aliphatic heterocycles. The zero-order valence-electron chi connectivity index (χ0n) is 18.2. The third-order valence-corrected chi connectivity index (χ3v) is 4.30. The van der Waals surface area contributed by atoms with Crippen LogP contribution in [-0.4, -0.2) is 31.9 Å². The molecule has 4 nitrogen and oxygen atoms in total. The Hall–Kier alpha value is -2.77. The van der Waals surface area contributed by atoms with Crippen molar-refractivity contribution in [3.8, 4) is 0 Å². The quantitative estimate of drug-likeness (QED) is 0.189. The number of ether oxygens (including phenoxy) is 2. The number of nitrogens with one attached hydrogen (secondary N) is 1. The number of alkyl halides is 1. The molecule has 0 heterocycles. The smallest absolute Gasteiger partial charge is 0.344 e. The molecule has 0 bridgehead atoms. The van der Waals surface area contributed by atoms with Crippen molar-refractivity contribution in [2.75, 3.05) is 19.8 Å². The minimum absolute atomic E-state index is 0.000276. The topological polar surface area (TPSA) is 47.6 Å². The van der Waals surface area contributed by atoms with Crippen LogP contribution in [-0.2, 0) is 14.3 Å². The van der Waals surface area contributed by atoms with E-state index in [1.807, 2.05) is 0 Å². The predicted octanol–water partition coefficient (Wildman–Crippen LogP) is 5.92. The summed E-state index contributed by atoms with van der Waals surface area (Å²) in [7, 11) is 0. The maximum absolute atomic E-state index is 14.5. The number of esters is 1. The molecule has 0 saturated heterocycles. The molecule has 31 heavy (non-hydrogen) atoms. The Morgan fingerprint density at radius 2 is 1.90 bits per heavy atom. The maximum Gasteiger partial charge on any atom is 0.344 e. The van der Waals surface area contributed by atoms with E-state index in [0.29, 0.717) is 5.56 Å². The first-order valence-corrected chi connectivity index (χ1v) is 9.97. The van der Waals surface area contributed by atoms with Gasteiger partial charge in [0.15, 0.2) is 12.4 Å². The third-order valence-electron chi connectivity index (χ3n) is 4.30. The van der Waals surface area contributed by atoms with Crippen LogP contribution in [0.25, 0.3) is 5.57 Å². The highest BCUT2D eigenvalue weighted by molar-refractivity contribution is 5.70. The van der Waals surface area contributed by atoms with Crippen LogP contribution < -0.4 is 5.32 Å². The molecule has 1 rings (SSSR count). The fourth-order valence-corrected chi connectivity index (χ4v) is 2.59. The molecule has 0 aliphatic rings. The highest BCUT2D eigenvalue weighted by atomic mass is 19.1. The molecule has 172 valence electrons. The first-order chi connectivity index (χ1) is 14.6. The van der Waals surface area contributed by atoms with Gasteiger partial charge in [-0.3, -0.25) is 0 Å². The molecule has 0 fully saturated rings. The molecule has 0 spiro atoms. The molecule has 1 atom stereocenters. The number of benzene rings is 1. The van der Waals surface area contributed by atoms with Crippen LogP contribution in [0.3, 0.4) is 0 Å². The highest BCUT2D eigenvalue weighted by Crippen LogP contribution is 2.21. The fourth-order valence-electron chi connectivity index (χ4n) is 2.59. The molecular weight excluding hydrogens is 414 g/mol. The largest absolute Gasteiger partial charge is 0.483 e. The second kappa shape index (κ2) is 13.5. The summed E-state index contributed by atoms with van der Waals surface area (Å²) in [6.07, 6.45) is 0.479. The molecule has 0 aliphatic carbocycles. The summed E-state index contributed by atoms with van der Waals surface area (Å²) < 4.78 is 65.3. The van der Waals surface area contributed by atoms with Gasteiger partial charge in [-0.25, -0.2) is 22.4 Å². The van der Waals surface area contributed by atoms with Crippen LogP contribution in [0.2, 0.25) is 0 Å². The number of halogens is 4. The van der Waals surface area contributed by atoms with Crippen molar-refractivity contribution in [1.29, 1.82) is 0 Å². The van der Waals surface area contributed by atoms with Gasteiger partial charge in [0.2, 0.25) is 0 Å². The van der Waals surface area contributed by atoms with Gasteiger partial charge < -0.3 is 14.8 Å². The van der Waals surface area contributed by atoms with Crippen LogP contribution in [0.4, 0.5) is 17.6 Å². The Morgan fingerprint density at radius 1 is 1.19 bits per heavy atom. The maximum atomic E-state index is 14.5. The molecule has 1 aromatic rings. The number of carbonyl (C=O) groups is 1. The van der Waals surface area contributed by atoms with E-state index in [-0.39, 0.29) is 37.6 Å². The first kappa shape index (κ1) is 26.3. The van der Waals surface area contributed by atoms with Crippen molar-refractivity contribution in [2.24, 2.45) is 0 Å². The van der Waals surface area contributed by atoms with Crippen LogP contribution in [0.15, 0.2) is 53.5 Å². The van der Waals surface area contributed by atoms with E-state index in [2.05, 4.69) is 10.1 Å². The Kier molecular flexibility index (Phi) is 11.5. The van der Waals surface area contributed by atoms with E-state index in [1.54, 1.807) is 32.1 Å². The van der Waals surface area contributed by atoms with E-state index >= 15 is 0 Å². The summed E-state index contributed by atoms with van der Waals surface area (Å²) >= 11 is 0. The zero-order valence-corrected chi connectivity index (χ0v) is 18.2. The van der Waals surface area contributed by atoms with Gasteiger partial charge in [0, 0.05) is 6.54 Å². The van der Waals surface area contributed by atoms with Crippen molar-refractivity contribution in [3.63, 3.8) is 0 Å². The summed E-state index contributed by atoms with van der Waals surface area (Å²) in [5, 5.41) is 2.54. The van der Waals surface area contributed by atoms with Crippen LogP contribution in [0.1, 0.15) is 46.1 Å². The second-order valence-corrected chi connectivity index (χ2v) is 6.82. The van der Waals surface area contributed by atoms with Gasteiger partial charge in [-0.2, -0.15) is 0 Å². The van der Waals surface area contributed by atoms with Crippen molar-refractivity contribution < 1.29 is 31.8 Å². The van der Waals surface area contributed by atoms with E-state index in [9.17, 15) is 22.4 Å². The molecule has 1 N–H and O–H groups in total. The summed E-state index contributed by atoms with van der Waals surface area (Å²) in [6, 6.07) is 6.00. The van der Waals surface area contributed by atoms with Crippen LogP contribution >= 0.6 is 0 Å². The van der Waals surface area contributed by atoms with Gasteiger partial charge in [-0.05, 0) is 63.8 Å². The van der Waals surface area contributed by atoms with E-state index < -0.39 is 36.1 Å². The molecule has 0 aromatic heterocycles. The molecule has 0 radical (unpaired) electrons. The van der Waals surface area contributed by atoms with Crippen molar-refractivity contribution in [2.45, 2.75) is 46.7 Å². The van der Waals surface area contributed by atoms with Crippen molar-refractivity contribution in [3.05, 3.63) is 64.8 Å². The lowest BCUT2D eigenvalue weighted by molar-refractivity contribution is -0.147. The van der Waals surface area contributed by atoms with Crippen molar-refractivity contribution >= 4 is 11.5 Å². The molecule has 0 amide bonds. The Balaban J connectivity index is 2.60. The minimum atomic E-state index is -1.26. The summed E-state index contributed by atoms with van der Waals surface area (Å²) in [4.78, 5) is 11.3. The lowest BCUT2D eigenvalue weighted by Gasteiger charge is -2.14. The Morgan fingerprint density at radius 3 is 2.52 bits per heavy atom. The Bertz CT molecular complexity index is 830. The number of hydrogen-bond acceptors (Lipinski definition) is 4. The zero-order chi connectivity index (χ0) is 23.4. The Labute approximate surface area is 180 Å². The van der Waals surface area contributed by atoms with Gasteiger partial charge >= 0.3 is 5.97 Å². The second-order valence-electron chi connectivity index (χ2n) is 6.82. The highest BCUT2D eigenvalue weighted by Gasteiger charge is 2.16. The van der Waals surface area contributed by atoms with Crippen molar-refractivity contribution in [1.82, 2.24) is 5.32 Å². The standard InChI is InChI=1S/C23H29F4NO3/c1-5-30-21(29)14-31-17(4)22(27)23(16(3)24)28-12-11-19(25)10-9-15(2)18-7-6-8-20(26)13-18/h6-9,13,19,28H,5,10-12,14H2,1-4H3/b15-9+,22-17-,23-16-. The number of allylic oxidation sites excluding steroid dienone is 5. The predicted molar refractivity (Wildman–Crippen MR) is 112 cm³/mol. The molecule has 1 unspecified atom stereocenters. The van der Waals surface area contributed by atoms with Gasteiger partial charge in [-0.1, -0.05) is 18.2 Å². The average Bonchev–Trinajstić information content (AvgIpc) is 2.72. The monoisotopic (exact) mass is 443 g/mol. The fraction of sp³-hybridized carbons (Fsp3) is 0.435. The lowest BCUT2D eigenvalue weighted by atomic mass is 10.0. The molecule has 8 heteroatoms. The minimum Gasteiger partial charge on any atom is -0.483 e. The average molecular weight is 443 g/mol. The normalized spacial score (nSPS) is 14.4. The number of carbonyl (C=O) groups excluding carboxylic acids is 1.